The average Bonchev–Trinajstić information content (AvgIpc) is 2.28. The third-order valence-corrected chi connectivity index (χ3v) is 2.43. The van der Waals surface area contributed by atoms with Gasteiger partial charge in [-0.25, -0.2) is 0 Å². The summed E-state index contributed by atoms with van der Waals surface area (Å²) in [6.07, 6.45) is 1.24. The van der Waals surface area contributed by atoms with Gasteiger partial charge < -0.3 is 9.47 Å². The standard InChI is InChI=1S/C12H15ClF2O2/c1-2-16-10-6-3-7-11(17-12(14)15)9(10)5-4-8-13/h3,6-7,12H,2,4-5,8H2,1H3. The fraction of sp³-hybridized carbons (Fsp3) is 0.500. The summed E-state index contributed by atoms with van der Waals surface area (Å²) in [6.45, 7) is -0.514. The van der Waals surface area contributed by atoms with Crippen LogP contribution >= 0.6 is 11.6 Å². The van der Waals surface area contributed by atoms with Crippen molar-refractivity contribution in [3.05, 3.63) is 23.8 Å². The van der Waals surface area contributed by atoms with Gasteiger partial charge in [0.25, 0.3) is 0 Å². The summed E-state index contributed by atoms with van der Waals surface area (Å²) in [5, 5.41) is 0. The summed E-state index contributed by atoms with van der Waals surface area (Å²) in [4.78, 5) is 0. The molecule has 5 heteroatoms. The summed E-state index contributed by atoms with van der Waals surface area (Å²) in [5.41, 5.74) is 0.648. The molecule has 0 heterocycles. The fourth-order valence-corrected chi connectivity index (χ4v) is 1.67. The second kappa shape index (κ2) is 7.33. The van der Waals surface area contributed by atoms with Gasteiger partial charge in [-0.15, -0.1) is 11.6 Å². The zero-order valence-corrected chi connectivity index (χ0v) is 10.3. The van der Waals surface area contributed by atoms with E-state index in [9.17, 15) is 8.78 Å². The van der Waals surface area contributed by atoms with Gasteiger partial charge in [0.05, 0.1) is 6.61 Å². The van der Waals surface area contributed by atoms with Gasteiger partial charge in [0.1, 0.15) is 11.5 Å². The van der Waals surface area contributed by atoms with E-state index in [-0.39, 0.29) is 5.75 Å². The lowest BCUT2D eigenvalue weighted by atomic mass is 10.1. The highest BCUT2D eigenvalue weighted by molar-refractivity contribution is 6.17. The molecule has 0 unspecified atom stereocenters. The van der Waals surface area contributed by atoms with Crippen molar-refractivity contribution in [1.29, 1.82) is 0 Å². The first kappa shape index (κ1) is 14.0. The minimum atomic E-state index is -2.83. The van der Waals surface area contributed by atoms with Crippen LogP contribution < -0.4 is 9.47 Å². The molecule has 0 amide bonds. The molecule has 0 radical (unpaired) electrons. The van der Waals surface area contributed by atoms with Crippen LogP contribution in [0.3, 0.4) is 0 Å². The van der Waals surface area contributed by atoms with Gasteiger partial charge in [-0.3, -0.25) is 0 Å². The van der Waals surface area contributed by atoms with Gasteiger partial charge in [-0.1, -0.05) is 6.07 Å². The number of halogens is 3. The molecule has 96 valence electrons. The largest absolute Gasteiger partial charge is 0.493 e. The first-order chi connectivity index (χ1) is 8.19. The number of rotatable bonds is 7. The van der Waals surface area contributed by atoms with Crippen molar-refractivity contribution >= 4 is 11.6 Å². The summed E-state index contributed by atoms with van der Waals surface area (Å²) in [7, 11) is 0. The Kier molecular flexibility index (Phi) is 6.05. The van der Waals surface area contributed by atoms with E-state index in [0.717, 1.165) is 0 Å². The van der Waals surface area contributed by atoms with E-state index < -0.39 is 6.61 Å². The summed E-state index contributed by atoms with van der Waals surface area (Å²) < 4.78 is 34.4. The molecule has 0 N–H and O–H groups in total. The Hall–Kier alpha value is -1.03. The molecule has 1 aromatic carbocycles. The van der Waals surface area contributed by atoms with Crippen LogP contribution in [-0.4, -0.2) is 19.1 Å². The van der Waals surface area contributed by atoms with Crippen LogP contribution in [0.15, 0.2) is 18.2 Å². The summed E-state index contributed by atoms with van der Waals surface area (Å²) in [5.74, 6) is 1.21. The topological polar surface area (TPSA) is 18.5 Å². The Morgan fingerprint density at radius 3 is 2.59 bits per heavy atom. The molecular weight excluding hydrogens is 250 g/mol. The van der Waals surface area contributed by atoms with E-state index in [1.54, 1.807) is 12.1 Å². The lowest BCUT2D eigenvalue weighted by molar-refractivity contribution is -0.0505. The van der Waals surface area contributed by atoms with E-state index in [1.807, 2.05) is 6.92 Å². The first-order valence-corrected chi connectivity index (χ1v) is 5.98. The van der Waals surface area contributed by atoms with Crippen molar-refractivity contribution in [2.24, 2.45) is 0 Å². The third-order valence-electron chi connectivity index (χ3n) is 2.17. The molecule has 0 fully saturated rings. The molecule has 17 heavy (non-hydrogen) atoms. The average molecular weight is 265 g/mol. The zero-order valence-electron chi connectivity index (χ0n) is 9.59. The molecule has 0 aliphatic rings. The molecular formula is C12H15ClF2O2. The Labute approximate surface area is 104 Å². The predicted octanol–water partition coefficient (Wildman–Crippen LogP) is 3.86. The molecule has 2 nitrogen and oxygen atoms in total. The van der Waals surface area contributed by atoms with Gasteiger partial charge in [0.15, 0.2) is 0 Å². The van der Waals surface area contributed by atoms with Crippen LogP contribution in [0, 0.1) is 0 Å². The van der Waals surface area contributed by atoms with Crippen LogP contribution in [0.1, 0.15) is 18.9 Å². The van der Waals surface area contributed by atoms with E-state index in [1.165, 1.54) is 6.07 Å². The Morgan fingerprint density at radius 1 is 1.29 bits per heavy atom. The smallest absolute Gasteiger partial charge is 0.387 e. The maximum atomic E-state index is 12.3. The SMILES string of the molecule is CCOc1cccc(OC(F)F)c1CCCCl. The second-order valence-electron chi connectivity index (χ2n) is 3.34. The normalized spacial score (nSPS) is 10.6. The predicted molar refractivity (Wildman–Crippen MR) is 63.3 cm³/mol. The number of benzene rings is 1. The zero-order chi connectivity index (χ0) is 12.7. The minimum Gasteiger partial charge on any atom is -0.493 e. The van der Waals surface area contributed by atoms with Crippen LogP contribution in [0.25, 0.3) is 0 Å². The van der Waals surface area contributed by atoms with Gasteiger partial charge in [0.2, 0.25) is 0 Å². The quantitative estimate of drug-likeness (QED) is 0.696. The Morgan fingerprint density at radius 2 is 2.00 bits per heavy atom. The second-order valence-corrected chi connectivity index (χ2v) is 3.71. The maximum absolute atomic E-state index is 12.3. The highest BCUT2D eigenvalue weighted by Gasteiger charge is 2.13. The molecule has 1 rings (SSSR count). The number of hydrogen-bond donors (Lipinski definition) is 0. The molecule has 0 saturated carbocycles. The number of ether oxygens (including phenoxy) is 2. The molecule has 1 aromatic rings. The van der Waals surface area contributed by atoms with Crippen molar-refractivity contribution < 1.29 is 18.3 Å². The minimum absolute atomic E-state index is 0.163. The van der Waals surface area contributed by atoms with E-state index in [4.69, 9.17) is 16.3 Å². The van der Waals surface area contributed by atoms with Crippen LogP contribution in [-0.2, 0) is 6.42 Å². The first-order valence-electron chi connectivity index (χ1n) is 5.44. The number of alkyl halides is 3. The lowest BCUT2D eigenvalue weighted by Gasteiger charge is -2.14. The van der Waals surface area contributed by atoms with Crippen LogP contribution in [0.4, 0.5) is 8.78 Å². The van der Waals surface area contributed by atoms with Gasteiger partial charge >= 0.3 is 6.61 Å². The van der Waals surface area contributed by atoms with Gasteiger partial charge in [-0.2, -0.15) is 8.78 Å². The van der Waals surface area contributed by atoms with E-state index >= 15 is 0 Å². The van der Waals surface area contributed by atoms with Crippen LogP contribution in [0.2, 0.25) is 0 Å². The van der Waals surface area contributed by atoms with Crippen molar-refractivity contribution in [2.75, 3.05) is 12.5 Å². The maximum Gasteiger partial charge on any atom is 0.387 e. The monoisotopic (exact) mass is 264 g/mol. The van der Waals surface area contributed by atoms with Crippen molar-refractivity contribution in [2.45, 2.75) is 26.4 Å². The van der Waals surface area contributed by atoms with Crippen LogP contribution in [0.5, 0.6) is 11.5 Å². The Balaban J connectivity index is 2.96. The van der Waals surface area contributed by atoms with Crippen molar-refractivity contribution in [3.8, 4) is 11.5 Å². The van der Waals surface area contributed by atoms with Crippen molar-refractivity contribution in [3.63, 3.8) is 0 Å². The third kappa shape index (κ3) is 4.38. The highest BCUT2D eigenvalue weighted by atomic mass is 35.5. The fourth-order valence-electron chi connectivity index (χ4n) is 1.53. The molecule has 0 spiro atoms. The highest BCUT2D eigenvalue weighted by Crippen LogP contribution is 2.31. The summed E-state index contributed by atoms with van der Waals surface area (Å²) >= 11 is 5.61. The molecule has 0 aromatic heterocycles. The molecule has 0 atom stereocenters. The van der Waals surface area contributed by atoms with E-state index in [0.29, 0.717) is 36.6 Å². The van der Waals surface area contributed by atoms with Gasteiger partial charge in [-0.05, 0) is 31.9 Å². The molecule has 0 aliphatic heterocycles. The lowest BCUT2D eigenvalue weighted by Crippen LogP contribution is -2.06. The molecule has 0 aliphatic carbocycles. The molecule has 0 saturated heterocycles. The molecule has 0 bridgehead atoms. The summed E-state index contributed by atoms with van der Waals surface area (Å²) in [6, 6.07) is 4.89. The van der Waals surface area contributed by atoms with Crippen molar-refractivity contribution in [1.82, 2.24) is 0 Å². The Bertz CT molecular complexity index is 345. The van der Waals surface area contributed by atoms with E-state index in [2.05, 4.69) is 4.74 Å². The number of hydrogen-bond acceptors (Lipinski definition) is 2. The van der Waals surface area contributed by atoms with Gasteiger partial charge in [0, 0.05) is 11.4 Å².